The summed E-state index contributed by atoms with van der Waals surface area (Å²) in [6.07, 6.45) is 2.18. The number of H-pyrrole nitrogens is 1. The van der Waals surface area contributed by atoms with Gasteiger partial charge in [-0.1, -0.05) is 12.1 Å². The number of benzene rings is 2. The summed E-state index contributed by atoms with van der Waals surface area (Å²) in [7, 11) is 0. The fourth-order valence-electron chi connectivity index (χ4n) is 3.71. The standard InChI is InChI=1S/C20H14F2N4O/c21-13-5-11(6-14(22)9-13)12-7-18-15(19(27)8-12)10-23-26(18)20-24-16-3-1-2-4-17(16)25-20/h1-6,9-10,12H,7-8H2,(H,24,25)/t12-/m1/s1. The van der Waals surface area contributed by atoms with Crippen molar-refractivity contribution in [1.29, 1.82) is 0 Å². The lowest BCUT2D eigenvalue weighted by atomic mass is 9.82. The number of Topliss-reactive ketones (excluding diaryl/α,β-unsaturated/α-hetero) is 1. The van der Waals surface area contributed by atoms with Gasteiger partial charge in [0.1, 0.15) is 11.6 Å². The van der Waals surface area contributed by atoms with E-state index in [1.54, 1.807) is 4.68 Å². The van der Waals surface area contributed by atoms with Gasteiger partial charge < -0.3 is 4.98 Å². The molecule has 2 aromatic carbocycles. The maximum Gasteiger partial charge on any atom is 0.229 e. The number of carbonyl (C=O) groups excluding carboxylic acids is 1. The van der Waals surface area contributed by atoms with E-state index in [0.717, 1.165) is 17.1 Å². The van der Waals surface area contributed by atoms with E-state index in [1.165, 1.54) is 18.3 Å². The number of hydrogen-bond acceptors (Lipinski definition) is 3. The van der Waals surface area contributed by atoms with Gasteiger partial charge in [0, 0.05) is 12.5 Å². The molecule has 0 saturated carbocycles. The van der Waals surface area contributed by atoms with Crippen LogP contribution in [0.1, 0.15) is 34.0 Å². The zero-order valence-corrected chi connectivity index (χ0v) is 14.1. The molecule has 1 N–H and O–H groups in total. The number of imidazole rings is 1. The maximum atomic E-state index is 13.6. The van der Waals surface area contributed by atoms with Crippen molar-refractivity contribution in [1.82, 2.24) is 19.7 Å². The maximum absolute atomic E-state index is 13.6. The van der Waals surface area contributed by atoms with E-state index in [1.807, 2.05) is 24.3 Å². The van der Waals surface area contributed by atoms with E-state index >= 15 is 0 Å². The molecule has 5 nitrogen and oxygen atoms in total. The Morgan fingerprint density at radius 2 is 1.85 bits per heavy atom. The summed E-state index contributed by atoms with van der Waals surface area (Å²) in [5.74, 6) is -1.18. The van der Waals surface area contributed by atoms with Crippen molar-refractivity contribution < 1.29 is 13.6 Å². The van der Waals surface area contributed by atoms with Gasteiger partial charge in [0.25, 0.3) is 0 Å². The minimum absolute atomic E-state index is 0.0896. The number of nitrogens with one attached hydrogen (secondary N) is 1. The average molecular weight is 364 g/mol. The normalized spacial score (nSPS) is 16.7. The molecular weight excluding hydrogens is 350 g/mol. The third-order valence-corrected chi connectivity index (χ3v) is 4.97. The second kappa shape index (κ2) is 5.84. The van der Waals surface area contributed by atoms with Crippen molar-refractivity contribution in [3.8, 4) is 5.95 Å². The minimum Gasteiger partial charge on any atom is -0.322 e. The zero-order valence-electron chi connectivity index (χ0n) is 14.1. The monoisotopic (exact) mass is 364 g/mol. The lowest BCUT2D eigenvalue weighted by Crippen LogP contribution is -2.20. The summed E-state index contributed by atoms with van der Waals surface area (Å²) >= 11 is 0. The Balaban J connectivity index is 1.58. The van der Waals surface area contributed by atoms with E-state index in [2.05, 4.69) is 15.1 Å². The lowest BCUT2D eigenvalue weighted by Gasteiger charge is -2.22. The Morgan fingerprint density at radius 1 is 1.07 bits per heavy atom. The zero-order chi connectivity index (χ0) is 18.5. The summed E-state index contributed by atoms with van der Waals surface area (Å²) in [4.78, 5) is 20.3. The number of carbonyl (C=O) groups is 1. The van der Waals surface area contributed by atoms with Crippen molar-refractivity contribution in [2.75, 3.05) is 0 Å². The predicted molar refractivity (Wildman–Crippen MR) is 95.0 cm³/mol. The van der Waals surface area contributed by atoms with Crippen LogP contribution >= 0.6 is 0 Å². The number of fused-ring (bicyclic) bond motifs is 2. The van der Waals surface area contributed by atoms with Gasteiger partial charge in [-0.3, -0.25) is 4.79 Å². The minimum atomic E-state index is -0.644. The van der Waals surface area contributed by atoms with E-state index in [9.17, 15) is 13.6 Å². The SMILES string of the molecule is O=C1C[C@H](c2cc(F)cc(F)c2)Cc2c1cnn2-c1nc2ccccc2[nH]1. The topological polar surface area (TPSA) is 63.6 Å². The molecule has 4 aromatic rings. The number of hydrogen-bond donors (Lipinski definition) is 1. The molecule has 0 spiro atoms. The molecule has 0 bridgehead atoms. The highest BCUT2D eigenvalue weighted by Gasteiger charge is 2.31. The third kappa shape index (κ3) is 2.63. The first-order valence-electron chi connectivity index (χ1n) is 8.60. The number of ketones is 1. The Kier molecular flexibility index (Phi) is 3.43. The summed E-state index contributed by atoms with van der Waals surface area (Å²) in [6, 6.07) is 11.0. The van der Waals surface area contributed by atoms with Gasteiger partial charge >= 0.3 is 0 Å². The molecule has 0 saturated heterocycles. The van der Waals surface area contributed by atoms with Crippen molar-refractivity contribution in [2.45, 2.75) is 18.8 Å². The Hall–Kier alpha value is -3.35. The quantitative estimate of drug-likeness (QED) is 0.586. The molecule has 1 atom stereocenters. The van der Waals surface area contributed by atoms with Crippen LogP contribution in [0.3, 0.4) is 0 Å². The van der Waals surface area contributed by atoms with E-state index < -0.39 is 11.6 Å². The summed E-state index contributed by atoms with van der Waals surface area (Å²) < 4.78 is 28.8. The van der Waals surface area contributed by atoms with Crippen LogP contribution in [0.25, 0.3) is 17.0 Å². The van der Waals surface area contributed by atoms with Crippen LogP contribution in [0, 0.1) is 11.6 Å². The van der Waals surface area contributed by atoms with Crippen molar-refractivity contribution in [3.63, 3.8) is 0 Å². The van der Waals surface area contributed by atoms with Gasteiger partial charge in [-0.15, -0.1) is 0 Å². The first-order valence-corrected chi connectivity index (χ1v) is 8.60. The highest BCUT2D eigenvalue weighted by molar-refractivity contribution is 5.98. The molecule has 0 amide bonds. The molecule has 2 aromatic heterocycles. The molecule has 7 heteroatoms. The van der Waals surface area contributed by atoms with Gasteiger partial charge in [-0.25, -0.2) is 18.4 Å². The Labute approximate surface area is 152 Å². The number of nitrogens with zero attached hydrogens (tertiary/aromatic N) is 3. The molecule has 134 valence electrons. The molecule has 0 fully saturated rings. The second-order valence-corrected chi connectivity index (χ2v) is 6.73. The number of rotatable bonds is 2. The summed E-state index contributed by atoms with van der Waals surface area (Å²) in [5, 5.41) is 4.33. The molecule has 27 heavy (non-hydrogen) atoms. The van der Waals surface area contributed by atoms with Crippen LogP contribution in [0.2, 0.25) is 0 Å². The first-order chi connectivity index (χ1) is 13.1. The van der Waals surface area contributed by atoms with E-state index in [-0.39, 0.29) is 18.1 Å². The molecule has 5 rings (SSSR count). The molecule has 0 radical (unpaired) electrons. The highest BCUT2D eigenvalue weighted by atomic mass is 19.1. The number of para-hydroxylation sites is 2. The van der Waals surface area contributed by atoms with Gasteiger partial charge in [0.05, 0.1) is 28.5 Å². The van der Waals surface area contributed by atoms with Crippen LogP contribution < -0.4 is 0 Å². The van der Waals surface area contributed by atoms with Gasteiger partial charge in [0.15, 0.2) is 5.78 Å². The molecule has 1 aliphatic rings. The molecule has 2 heterocycles. The summed E-state index contributed by atoms with van der Waals surface area (Å²) in [6.45, 7) is 0. The highest BCUT2D eigenvalue weighted by Crippen LogP contribution is 2.34. The van der Waals surface area contributed by atoms with Crippen LogP contribution in [0.4, 0.5) is 8.78 Å². The van der Waals surface area contributed by atoms with Crippen LogP contribution in [0.5, 0.6) is 0 Å². The van der Waals surface area contributed by atoms with Crippen molar-refractivity contribution in [2.24, 2.45) is 0 Å². The predicted octanol–water partition coefficient (Wildman–Crippen LogP) is 3.94. The van der Waals surface area contributed by atoms with E-state index in [0.29, 0.717) is 29.2 Å². The van der Waals surface area contributed by atoms with Gasteiger partial charge in [-0.05, 0) is 42.2 Å². The van der Waals surface area contributed by atoms with Crippen LogP contribution in [-0.4, -0.2) is 25.5 Å². The first kappa shape index (κ1) is 15.9. The number of halogens is 2. The Morgan fingerprint density at radius 3 is 2.63 bits per heavy atom. The Bertz CT molecular complexity index is 1140. The van der Waals surface area contributed by atoms with Gasteiger partial charge in [0.2, 0.25) is 5.95 Å². The van der Waals surface area contributed by atoms with Crippen molar-refractivity contribution in [3.05, 3.63) is 77.1 Å². The largest absolute Gasteiger partial charge is 0.322 e. The van der Waals surface area contributed by atoms with Crippen molar-refractivity contribution >= 4 is 16.8 Å². The lowest BCUT2D eigenvalue weighted by molar-refractivity contribution is 0.0963. The molecule has 0 unspecified atom stereocenters. The van der Waals surface area contributed by atoms with Gasteiger partial charge in [-0.2, -0.15) is 5.10 Å². The molecular formula is C20H14F2N4O. The fraction of sp³-hybridized carbons (Fsp3) is 0.150. The molecule has 1 aliphatic carbocycles. The average Bonchev–Trinajstić information content (AvgIpc) is 3.24. The van der Waals surface area contributed by atoms with Crippen LogP contribution in [0.15, 0.2) is 48.7 Å². The fourth-order valence-corrected chi connectivity index (χ4v) is 3.71. The molecule has 0 aliphatic heterocycles. The second-order valence-electron chi connectivity index (χ2n) is 6.73. The summed E-state index contributed by atoms with van der Waals surface area (Å²) in [5.41, 5.74) is 3.36. The number of aromatic nitrogens is 4. The smallest absolute Gasteiger partial charge is 0.229 e. The van der Waals surface area contributed by atoms with Crippen LogP contribution in [-0.2, 0) is 6.42 Å². The van der Waals surface area contributed by atoms with E-state index in [4.69, 9.17) is 0 Å². The third-order valence-electron chi connectivity index (χ3n) is 4.97. The number of aromatic amines is 1.